The molecule has 0 fully saturated rings. The lowest BCUT2D eigenvalue weighted by molar-refractivity contribution is -0.118. The molecule has 7 heteroatoms. The lowest BCUT2D eigenvalue weighted by atomic mass is 10.1. The third-order valence-electron chi connectivity index (χ3n) is 4.93. The first-order chi connectivity index (χ1) is 15.2. The van der Waals surface area contributed by atoms with Crippen LogP contribution >= 0.6 is 11.3 Å². The molecule has 0 bridgehead atoms. The van der Waals surface area contributed by atoms with Crippen molar-refractivity contribution < 1.29 is 14.3 Å². The van der Waals surface area contributed by atoms with Crippen molar-refractivity contribution in [2.24, 2.45) is 0 Å². The standard InChI is InChI=1S/C24H19N3O3S/c1-29-18-6-4-7-19(12-18)30-14-23(28)26-17-9-16-13-25-27-24(16)20(11-17)22-10-15-5-2-3-8-21(15)31-22/h2-13H,14H2,1H3,(H,25,27)(H,26,28). The fourth-order valence-corrected chi connectivity index (χ4v) is 4.56. The molecule has 0 atom stereocenters. The van der Waals surface area contributed by atoms with Crippen molar-refractivity contribution >= 4 is 43.9 Å². The van der Waals surface area contributed by atoms with Crippen LogP contribution in [0.2, 0.25) is 0 Å². The average Bonchev–Trinajstić information content (AvgIpc) is 3.44. The van der Waals surface area contributed by atoms with E-state index in [1.54, 1.807) is 36.8 Å². The minimum absolute atomic E-state index is 0.102. The van der Waals surface area contributed by atoms with Gasteiger partial charge in [-0.1, -0.05) is 24.3 Å². The Morgan fingerprint density at radius 3 is 2.77 bits per heavy atom. The number of carbonyl (C=O) groups excluding carboxylic acids is 1. The Kier molecular flexibility index (Phi) is 5.01. The third-order valence-corrected chi connectivity index (χ3v) is 6.08. The number of thiophene rings is 1. The maximum absolute atomic E-state index is 12.5. The zero-order valence-electron chi connectivity index (χ0n) is 16.7. The number of fused-ring (bicyclic) bond motifs is 2. The smallest absolute Gasteiger partial charge is 0.262 e. The second-order valence-corrected chi connectivity index (χ2v) is 8.11. The van der Waals surface area contributed by atoms with Gasteiger partial charge in [0, 0.05) is 32.3 Å². The van der Waals surface area contributed by atoms with E-state index in [0.29, 0.717) is 17.2 Å². The SMILES string of the molecule is COc1cccc(OCC(=O)Nc2cc(-c3cc4ccccc4s3)c3[nH]ncc3c2)c1. The van der Waals surface area contributed by atoms with Crippen molar-refractivity contribution in [3.63, 3.8) is 0 Å². The summed E-state index contributed by atoms with van der Waals surface area (Å²) >= 11 is 1.71. The van der Waals surface area contributed by atoms with E-state index in [9.17, 15) is 4.79 Å². The lowest BCUT2D eigenvalue weighted by Crippen LogP contribution is -2.20. The molecule has 0 radical (unpaired) electrons. The van der Waals surface area contributed by atoms with Gasteiger partial charge in [-0.15, -0.1) is 11.3 Å². The van der Waals surface area contributed by atoms with Gasteiger partial charge in [0.15, 0.2) is 6.61 Å². The predicted octanol–water partition coefficient (Wildman–Crippen LogP) is 5.47. The van der Waals surface area contributed by atoms with E-state index in [1.807, 2.05) is 36.4 Å². The number of aromatic amines is 1. The molecule has 5 rings (SSSR count). The van der Waals surface area contributed by atoms with Gasteiger partial charge in [0.05, 0.1) is 18.8 Å². The van der Waals surface area contributed by atoms with E-state index in [0.717, 1.165) is 21.3 Å². The first-order valence-electron chi connectivity index (χ1n) is 9.72. The summed E-state index contributed by atoms with van der Waals surface area (Å²) in [5, 5.41) is 12.3. The zero-order valence-corrected chi connectivity index (χ0v) is 17.5. The van der Waals surface area contributed by atoms with Gasteiger partial charge < -0.3 is 14.8 Å². The fourth-order valence-electron chi connectivity index (χ4n) is 3.48. The van der Waals surface area contributed by atoms with Gasteiger partial charge in [-0.05, 0) is 41.8 Å². The number of aromatic nitrogens is 2. The summed E-state index contributed by atoms with van der Waals surface area (Å²) in [4.78, 5) is 13.6. The summed E-state index contributed by atoms with van der Waals surface area (Å²) in [6.45, 7) is -0.102. The van der Waals surface area contributed by atoms with Crippen LogP contribution in [0.4, 0.5) is 5.69 Å². The summed E-state index contributed by atoms with van der Waals surface area (Å²) in [5.41, 5.74) is 2.64. The molecule has 0 unspecified atom stereocenters. The van der Waals surface area contributed by atoms with Gasteiger partial charge in [-0.2, -0.15) is 5.10 Å². The summed E-state index contributed by atoms with van der Waals surface area (Å²) in [5.74, 6) is 1.01. The Morgan fingerprint density at radius 1 is 1.03 bits per heavy atom. The van der Waals surface area contributed by atoms with Gasteiger partial charge in [-0.25, -0.2) is 0 Å². The van der Waals surface area contributed by atoms with Gasteiger partial charge in [-0.3, -0.25) is 9.89 Å². The van der Waals surface area contributed by atoms with Crippen molar-refractivity contribution in [1.29, 1.82) is 0 Å². The number of H-pyrrole nitrogens is 1. The molecule has 0 saturated heterocycles. The molecule has 0 saturated carbocycles. The van der Waals surface area contributed by atoms with Crippen molar-refractivity contribution in [2.75, 3.05) is 19.0 Å². The van der Waals surface area contributed by atoms with Gasteiger partial charge in [0.2, 0.25) is 0 Å². The Hall–Kier alpha value is -3.84. The predicted molar refractivity (Wildman–Crippen MR) is 124 cm³/mol. The number of hydrogen-bond acceptors (Lipinski definition) is 5. The number of anilines is 1. The zero-order chi connectivity index (χ0) is 21.2. The molecular weight excluding hydrogens is 410 g/mol. The number of carbonyl (C=O) groups is 1. The van der Waals surface area contributed by atoms with Crippen LogP contribution in [0.15, 0.2) is 72.9 Å². The molecule has 154 valence electrons. The normalized spacial score (nSPS) is 11.0. The molecule has 31 heavy (non-hydrogen) atoms. The Bertz CT molecular complexity index is 1360. The highest BCUT2D eigenvalue weighted by Crippen LogP contribution is 2.38. The Morgan fingerprint density at radius 2 is 1.90 bits per heavy atom. The summed E-state index contributed by atoms with van der Waals surface area (Å²) in [6, 6.07) is 21.5. The van der Waals surface area contributed by atoms with E-state index >= 15 is 0 Å². The van der Waals surface area contributed by atoms with Crippen LogP contribution in [0, 0.1) is 0 Å². The van der Waals surface area contributed by atoms with Crippen LogP contribution < -0.4 is 14.8 Å². The monoisotopic (exact) mass is 429 g/mol. The van der Waals surface area contributed by atoms with E-state index in [1.165, 1.54) is 10.1 Å². The van der Waals surface area contributed by atoms with Gasteiger partial charge in [0.25, 0.3) is 5.91 Å². The maximum atomic E-state index is 12.5. The van der Waals surface area contributed by atoms with E-state index < -0.39 is 0 Å². The number of benzene rings is 3. The summed E-state index contributed by atoms with van der Waals surface area (Å²) in [6.07, 6.45) is 1.76. The first kappa shape index (κ1) is 19.1. The molecule has 0 aliphatic heterocycles. The highest BCUT2D eigenvalue weighted by Gasteiger charge is 2.13. The molecule has 2 N–H and O–H groups in total. The molecule has 1 amide bonds. The van der Waals surface area contributed by atoms with Crippen LogP contribution in [-0.4, -0.2) is 29.8 Å². The molecule has 6 nitrogen and oxygen atoms in total. The molecular formula is C24H19N3O3S. The summed E-state index contributed by atoms with van der Waals surface area (Å²) < 4.78 is 12.0. The van der Waals surface area contributed by atoms with Gasteiger partial charge in [0.1, 0.15) is 11.5 Å². The number of methoxy groups -OCH3 is 1. The van der Waals surface area contributed by atoms with Crippen LogP contribution in [0.25, 0.3) is 31.4 Å². The van der Waals surface area contributed by atoms with Crippen molar-refractivity contribution in [1.82, 2.24) is 10.2 Å². The molecule has 0 aliphatic carbocycles. The molecule has 0 aliphatic rings. The van der Waals surface area contributed by atoms with Crippen LogP contribution in [-0.2, 0) is 4.79 Å². The number of amides is 1. The van der Waals surface area contributed by atoms with Crippen molar-refractivity contribution in [2.45, 2.75) is 0 Å². The molecule has 5 aromatic rings. The van der Waals surface area contributed by atoms with Gasteiger partial charge >= 0.3 is 0 Å². The first-order valence-corrected chi connectivity index (χ1v) is 10.5. The topological polar surface area (TPSA) is 76.2 Å². The Balaban J connectivity index is 1.39. The fraction of sp³-hybridized carbons (Fsp3) is 0.0833. The molecule has 2 heterocycles. The highest BCUT2D eigenvalue weighted by molar-refractivity contribution is 7.22. The molecule has 2 aromatic heterocycles. The number of ether oxygens (including phenoxy) is 2. The summed E-state index contributed by atoms with van der Waals surface area (Å²) in [7, 11) is 1.59. The van der Waals surface area contributed by atoms with E-state index in [-0.39, 0.29) is 12.5 Å². The maximum Gasteiger partial charge on any atom is 0.262 e. The highest BCUT2D eigenvalue weighted by atomic mass is 32.1. The van der Waals surface area contributed by atoms with Crippen LogP contribution in [0.5, 0.6) is 11.5 Å². The minimum Gasteiger partial charge on any atom is -0.497 e. The largest absolute Gasteiger partial charge is 0.497 e. The van der Waals surface area contributed by atoms with E-state index in [4.69, 9.17) is 9.47 Å². The number of nitrogens with zero attached hydrogens (tertiary/aromatic N) is 1. The number of nitrogens with one attached hydrogen (secondary N) is 2. The second kappa shape index (κ2) is 8.12. The van der Waals surface area contributed by atoms with Crippen LogP contribution in [0.1, 0.15) is 0 Å². The van der Waals surface area contributed by atoms with Crippen molar-refractivity contribution in [3.8, 4) is 21.9 Å². The second-order valence-electron chi connectivity index (χ2n) is 7.02. The van der Waals surface area contributed by atoms with Crippen molar-refractivity contribution in [3.05, 3.63) is 72.9 Å². The number of rotatable bonds is 6. The third kappa shape index (κ3) is 3.95. The average molecular weight is 430 g/mol. The molecule has 0 spiro atoms. The number of hydrogen-bond donors (Lipinski definition) is 2. The quantitative estimate of drug-likeness (QED) is 0.375. The Labute approximate surface area is 182 Å². The minimum atomic E-state index is -0.243. The lowest BCUT2D eigenvalue weighted by Gasteiger charge is -2.10. The van der Waals surface area contributed by atoms with E-state index in [2.05, 4.69) is 33.7 Å². The molecule has 3 aromatic carbocycles. The van der Waals surface area contributed by atoms with Crippen LogP contribution in [0.3, 0.4) is 0 Å².